The van der Waals surface area contributed by atoms with Crippen molar-refractivity contribution in [1.29, 1.82) is 0 Å². The SMILES string of the molecule is CC1CCC(O)(c2ccoc2)CC1. The minimum Gasteiger partial charge on any atom is -0.472 e. The molecule has 0 atom stereocenters. The smallest absolute Gasteiger partial charge is 0.0963 e. The van der Waals surface area contributed by atoms with E-state index in [1.54, 1.807) is 12.5 Å². The minimum absolute atomic E-state index is 0.612. The Hall–Kier alpha value is -0.760. The van der Waals surface area contributed by atoms with E-state index in [0.717, 1.165) is 37.2 Å². The lowest BCUT2D eigenvalue weighted by molar-refractivity contribution is -0.0124. The van der Waals surface area contributed by atoms with Crippen molar-refractivity contribution in [3.63, 3.8) is 0 Å². The Labute approximate surface area is 78.6 Å². The highest BCUT2D eigenvalue weighted by atomic mass is 16.3. The third-order valence-corrected chi connectivity index (χ3v) is 3.16. The molecule has 0 unspecified atom stereocenters. The molecule has 1 aromatic heterocycles. The van der Waals surface area contributed by atoms with E-state index in [-0.39, 0.29) is 0 Å². The van der Waals surface area contributed by atoms with Crippen molar-refractivity contribution in [2.45, 2.75) is 38.2 Å². The van der Waals surface area contributed by atoms with Gasteiger partial charge in [0.1, 0.15) is 0 Å². The molecule has 2 heteroatoms. The van der Waals surface area contributed by atoms with Crippen LogP contribution < -0.4 is 0 Å². The molecule has 0 radical (unpaired) electrons. The maximum Gasteiger partial charge on any atom is 0.0963 e. The van der Waals surface area contributed by atoms with Crippen LogP contribution in [0.1, 0.15) is 38.2 Å². The van der Waals surface area contributed by atoms with Gasteiger partial charge in [0.2, 0.25) is 0 Å². The van der Waals surface area contributed by atoms with Crippen molar-refractivity contribution >= 4 is 0 Å². The van der Waals surface area contributed by atoms with Crippen LogP contribution in [0.5, 0.6) is 0 Å². The molecule has 1 aliphatic rings. The van der Waals surface area contributed by atoms with Gasteiger partial charge in [-0.25, -0.2) is 0 Å². The van der Waals surface area contributed by atoms with Gasteiger partial charge in [0.05, 0.1) is 18.1 Å². The van der Waals surface area contributed by atoms with Crippen LogP contribution in [0.4, 0.5) is 0 Å². The zero-order valence-electron chi connectivity index (χ0n) is 7.99. The zero-order chi connectivity index (χ0) is 9.31. The fraction of sp³-hybridized carbons (Fsp3) is 0.636. The maximum absolute atomic E-state index is 10.3. The molecule has 0 aliphatic heterocycles. The maximum atomic E-state index is 10.3. The van der Waals surface area contributed by atoms with Gasteiger partial charge in [0, 0.05) is 5.56 Å². The Kier molecular flexibility index (Phi) is 2.16. The summed E-state index contributed by atoms with van der Waals surface area (Å²) in [5.74, 6) is 0.757. The van der Waals surface area contributed by atoms with Gasteiger partial charge in [-0.05, 0) is 37.7 Å². The summed E-state index contributed by atoms with van der Waals surface area (Å²) in [6.45, 7) is 2.24. The summed E-state index contributed by atoms with van der Waals surface area (Å²) in [4.78, 5) is 0. The molecule has 72 valence electrons. The van der Waals surface area contributed by atoms with Crippen LogP contribution in [-0.2, 0) is 5.60 Å². The number of furan rings is 1. The Morgan fingerprint density at radius 1 is 1.46 bits per heavy atom. The highest BCUT2D eigenvalue weighted by molar-refractivity contribution is 5.16. The van der Waals surface area contributed by atoms with E-state index < -0.39 is 5.60 Å². The van der Waals surface area contributed by atoms with Gasteiger partial charge in [-0.15, -0.1) is 0 Å². The van der Waals surface area contributed by atoms with E-state index in [1.165, 1.54) is 0 Å². The van der Waals surface area contributed by atoms with Crippen LogP contribution in [0, 0.1) is 5.92 Å². The Balaban J connectivity index is 2.13. The highest BCUT2D eigenvalue weighted by Gasteiger charge is 2.34. The van der Waals surface area contributed by atoms with E-state index in [0.29, 0.717) is 0 Å². The van der Waals surface area contributed by atoms with Crippen molar-refractivity contribution < 1.29 is 9.52 Å². The van der Waals surface area contributed by atoms with Crippen LogP contribution in [0.15, 0.2) is 23.0 Å². The van der Waals surface area contributed by atoms with E-state index in [1.807, 2.05) is 6.07 Å². The van der Waals surface area contributed by atoms with Crippen molar-refractivity contribution in [2.75, 3.05) is 0 Å². The summed E-state index contributed by atoms with van der Waals surface area (Å²) in [7, 11) is 0. The van der Waals surface area contributed by atoms with Crippen LogP contribution in [0.25, 0.3) is 0 Å². The van der Waals surface area contributed by atoms with Gasteiger partial charge in [0.15, 0.2) is 0 Å². The van der Waals surface area contributed by atoms with Crippen molar-refractivity contribution in [1.82, 2.24) is 0 Å². The van der Waals surface area contributed by atoms with Gasteiger partial charge in [-0.2, -0.15) is 0 Å². The second kappa shape index (κ2) is 3.18. The molecule has 0 spiro atoms. The molecule has 0 amide bonds. The normalized spacial score (nSPS) is 34.8. The Bertz CT molecular complexity index is 256. The molecular formula is C11H16O2. The van der Waals surface area contributed by atoms with Crippen molar-refractivity contribution in [2.24, 2.45) is 5.92 Å². The molecule has 0 aromatic carbocycles. The van der Waals surface area contributed by atoms with E-state index >= 15 is 0 Å². The van der Waals surface area contributed by atoms with Gasteiger partial charge < -0.3 is 9.52 Å². The van der Waals surface area contributed by atoms with Crippen LogP contribution in [0.2, 0.25) is 0 Å². The topological polar surface area (TPSA) is 33.4 Å². The quantitative estimate of drug-likeness (QED) is 0.720. The molecule has 2 rings (SSSR count). The first-order valence-corrected chi connectivity index (χ1v) is 4.96. The van der Waals surface area contributed by atoms with Gasteiger partial charge in [0.25, 0.3) is 0 Å². The summed E-state index contributed by atoms with van der Waals surface area (Å²) in [6, 6.07) is 1.87. The third kappa shape index (κ3) is 1.63. The van der Waals surface area contributed by atoms with Crippen molar-refractivity contribution in [3.8, 4) is 0 Å². The summed E-state index contributed by atoms with van der Waals surface area (Å²) in [5.41, 5.74) is 0.332. The monoisotopic (exact) mass is 180 g/mol. The molecule has 1 aliphatic carbocycles. The molecule has 1 aromatic rings. The zero-order valence-corrected chi connectivity index (χ0v) is 7.99. The van der Waals surface area contributed by atoms with E-state index in [9.17, 15) is 5.11 Å². The van der Waals surface area contributed by atoms with Crippen LogP contribution in [-0.4, -0.2) is 5.11 Å². The molecule has 1 N–H and O–H groups in total. The summed E-state index contributed by atoms with van der Waals surface area (Å²) >= 11 is 0. The summed E-state index contributed by atoms with van der Waals surface area (Å²) < 4.78 is 5.00. The molecule has 13 heavy (non-hydrogen) atoms. The average Bonchev–Trinajstić information content (AvgIpc) is 2.63. The first-order chi connectivity index (χ1) is 6.21. The molecule has 2 nitrogen and oxygen atoms in total. The first-order valence-electron chi connectivity index (χ1n) is 4.96. The van der Waals surface area contributed by atoms with Gasteiger partial charge >= 0.3 is 0 Å². The first kappa shape index (κ1) is 8.82. The number of hydrogen-bond acceptors (Lipinski definition) is 2. The Morgan fingerprint density at radius 2 is 2.15 bits per heavy atom. The average molecular weight is 180 g/mol. The second-order valence-electron chi connectivity index (χ2n) is 4.23. The van der Waals surface area contributed by atoms with Gasteiger partial charge in [-0.1, -0.05) is 6.92 Å². The fourth-order valence-corrected chi connectivity index (χ4v) is 2.06. The summed E-state index contributed by atoms with van der Waals surface area (Å²) in [5, 5.41) is 10.3. The lowest BCUT2D eigenvalue weighted by Gasteiger charge is -2.34. The largest absolute Gasteiger partial charge is 0.472 e. The number of hydrogen-bond donors (Lipinski definition) is 1. The highest BCUT2D eigenvalue weighted by Crippen LogP contribution is 2.39. The predicted molar refractivity (Wildman–Crippen MR) is 50.2 cm³/mol. The van der Waals surface area contributed by atoms with E-state index in [4.69, 9.17) is 4.42 Å². The lowest BCUT2D eigenvalue weighted by atomic mass is 9.77. The lowest BCUT2D eigenvalue weighted by Crippen LogP contribution is -2.30. The number of aliphatic hydroxyl groups is 1. The van der Waals surface area contributed by atoms with E-state index in [2.05, 4.69) is 6.92 Å². The molecule has 1 fully saturated rings. The van der Waals surface area contributed by atoms with Crippen LogP contribution >= 0.6 is 0 Å². The van der Waals surface area contributed by atoms with Crippen molar-refractivity contribution in [3.05, 3.63) is 24.2 Å². The molecule has 1 saturated carbocycles. The standard InChI is InChI=1S/C11H16O2/c1-9-2-5-11(12,6-3-9)10-4-7-13-8-10/h4,7-9,12H,2-3,5-6H2,1H3. The number of rotatable bonds is 1. The van der Waals surface area contributed by atoms with Crippen LogP contribution in [0.3, 0.4) is 0 Å². The minimum atomic E-state index is -0.612. The van der Waals surface area contributed by atoms with Gasteiger partial charge in [-0.3, -0.25) is 0 Å². The molecule has 0 saturated heterocycles. The Morgan fingerprint density at radius 3 is 2.69 bits per heavy atom. The second-order valence-corrected chi connectivity index (χ2v) is 4.23. The fourth-order valence-electron chi connectivity index (χ4n) is 2.06. The summed E-state index contributed by atoms with van der Waals surface area (Å²) in [6.07, 6.45) is 7.26. The molecule has 0 bridgehead atoms. The molecule has 1 heterocycles. The molecular weight excluding hydrogens is 164 g/mol. The third-order valence-electron chi connectivity index (χ3n) is 3.16. The predicted octanol–water partition coefficient (Wildman–Crippen LogP) is 2.68.